The Morgan fingerprint density at radius 3 is 2.26 bits per heavy atom. The van der Waals surface area contributed by atoms with E-state index in [1.165, 1.54) is 12.1 Å². The van der Waals surface area contributed by atoms with E-state index in [2.05, 4.69) is 5.32 Å². The second-order valence-electron chi connectivity index (χ2n) is 6.75. The average Bonchev–Trinajstić information content (AvgIpc) is 3.24. The zero-order valence-corrected chi connectivity index (χ0v) is 15.0. The summed E-state index contributed by atoms with van der Waals surface area (Å²) in [5.41, 5.74) is 3.97. The van der Waals surface area contributed by atoms with E-state index < -0.39 is 11.7 Å². The lowest BCUT2D eigenvalue weighted by Crippen LogP contribution is -2.08. The minimum absolute atomic E-state index is 0.602. The highest BCUT2D eigenvalue weighted by Gasteiger charge is 2.30. The predicted octanol–water partition coefficient (Wildman–Crippen LogP) is 4.59. The molecule has 3 aromatic rings. The topological polar surface area (TPSA) is 33.1 Å². The zero-order valence-electron chi connectivity index (χ0n) is 15.0. The first-order valence-corrected chi connectivity index (χ1v) is 8.66. The van der Waals surface area contributed by atoms with Crippen LogP contribution in [0.2, 0.25) is 0 Å². The Morgan fingerprint density at radius 2 is 1.67 bits per heavy atom. The maximum absolute atomic E-state index is 12.8. The number of rotatable bonds is 3. The van der Waals surface area contributed by atoms with Crippen LogP contribution in [0.1, 0.15) is 11.1 Å². The molecule has 140 valence electrons. The molecule has 0 atom stereocenters. The summed E-state index contributed by atoms with van der Waals surface area (Å²) in [4.78, 5) is 2.02. The Balaban J connectivity index is 1.75. The monoisotopic (exact) mass is 372 g/mol. The Morgan fingerprint density at radius 1 is 1.00 bits per heavy atom. The smallest absolute Gasteiger partial charge is 0.378 e. The summed E-state index contributed by atoms with van der Waals surface area (Å²) in [6.45, 7) is 0.788. The molecule has 0 fully saturated rings. The van der Waals surface area contributed by atoms with Crippen molar-refractivity contribution in [2.24, 2.45) is 0 Å². The van der Waals surface area contributed by atoms with Crippen LogP contribution in [-0.2, 0) is 12.6 Å². The van der Waals surface area contributed by atoms with Gasteiger partial charge in [0.25, 0.3) is 0 Å². The number of anilines is 2. The molecule has 2 aromatic carbocycles. The average molecular weight is 372 g/mol. The highest BCUT2D eigenvalue weighted by atomic mass is 19.4. The standard InChI is InChI=1S/C20H19F3N4/c1-26(2)15-7-3-13(4-8-15)18-17-11-12-24-19(17)27(25-18)16-9-5-14(6-10-16)20(21,22)23/h3-10,24H,11-12H2,1-2H3. The Labute approximate surface area is 155 Å². The van der Waals surface area contributed by atoms with Gasteiger partial charge in [-0.2, -0.15) is 18.3 Å². The second-order valence-corrected chi connectivity index (χ2v) is 6.75. The van der Waals surface area contributed by atoms with Crippen molar-refractivity contribution in [3.05, 3.63) is 59.7 Å². The zero-order chi connectivity index (χ0) is 19.2. The number of nitrogens with zero attached hydrogens (tertiary/aromatic N) is 3. The lowest BCUT2D eigenvalue weighted by Gasteiger charge is -2.12. The molecule has 2 heterocycles. The molecule has 1 aliphatic heterocycles. The van der Waals surface area contributed by atoms with E-state index >= 15 is 0 Å². The van der Waals surface area contributed by atoms with E-state index in [1.54, 1.807) is 4.68 Å². The fourth-order valence-electron chi connectivity index (χ4n) is 3.30. The van der Waals surface area contributed by atoms with Gasteiger partial charge in [0.2, 0.25) is 0 Å². The molecule has 4 nitrogen and oxygen atoms in total. The van der Waals surface area contributed by atoms with Gasteiger partial charge in [-0.1, -0.05) is 12.1 Å². The van der Waals surface area contributed by atoms with Crippen molar-refractivity contribution < 1.29 is 13.2 Å². The van der Waals surface area contributed by atoms with Gasteiger partial charge in [-0.3, -0.25) is 0 Å². The maximum atomic E-state index is 12.8. The second kappa shape index (κ2) is 6.33. The Kier molecular flexibility index (Phi) is 4.09. The van der Waals surface area contributed by atoms with Gasteiger partial charge < -0.3 is 10.2 Å². The molecule has 1 aliphatic rings. The lowest BCUT2D eigenvalue weighted by atomic mass is 10.1. The van der Waals surface area contributed by atoms with Gasteiger partial charge in [0, 0.05) is 37.5 Å². The number of hydrogen-bond donors (Lipinski definition) is 1. The van der Waals surface area contributed by atoms with Crippen LogP contribution in [0.15, 0.2) is 48.5 Å². The van der Waals surface area contributed by atoms with Gasteiger partial charge in [-0.25, -0.2) is 4.68 Å². The third-order valence-corrected chi connectivity index (χ3v) is 4.75. The summed E-state index contributed by atoms with van der Waals surface area (Å²) in [6, 6.07) is 13.2. The first kappa shape index (κ1) is 17.5. The van der Waals surface area contributed by atoms with Gasteiger partial charge in [-0.05, 0) is 42.8 Å². The van der Waals surface area contributed by atoms with Crippen molar-refractivity contribution >= 4 is 11.5 Å². The maximum Gasteiger partial charge on any atom is 0.416 e. The van der Waals surface area contributed by atoms with E-state index in [-0.39, 0.29) is 0 Å². The predicted molar refractivity (Wildman–Crippen MR) is 101 cm³/mol. The van der Waals surface area contributed by atoms with Crippen molar-refractivity contribution in [3.8, 4) is 16.9 Å². The van der Waals surface area contributed by atoms with Gasteiger partial charge >= 0.3 is 6.18 Å². The molecule has 27 heavy (non-hydrogen) atoms. The fraction of sp³-hybridized carbons (Fsp3) is 0.250. The largest absolute Gasteiger partial charge is 0.416 e. The molecule has 0 saturated carbocycles. The molecule has 1 N–H and O–H groups in total. The highest BCUT2D eigenvalue weighted by molar-refractivity contribution is 5.74. The minimum Gasteiger partial charge on any atom is -0.378 e. The van der Waals surface area contributed by atoms with Crippen molar-refractivity contribution in [1.29, 1.82) is 0 Å². The lowest BCUT2D eigenvalue weighted by molar-refractivity contribution is -0.137. The summed E-state index contributed by atoms with van der Waals surface area (Å²) < 4.78 is 40.1. The van der Waals surface area contributed by atoms with Crippen LogP contribution in [-0.4, -0.2) is 30.4 Å². The van der Waals surface area contributed by atoms with Gasteiger partial charge in [0.1, 0.15) is 5.82 Å². The third-order valence-electron chi connectivity index (χ3n) is 4.75. The van der Waals surface area contributed by atoms with Crippen molar-refractivity contribution in [3.63, 3.8) is 0 Å². The Hall–Kier alpha value is -2.96. The van der Waals surface area contributed by atoms with E-state index in [9.17, 15) is 13.2 Å². The number of aromatic nitrogens is 2. The number of alkyl halides is 3. The molecule has 0 spiro atoms. The first-order valence-electron chi connectivity index (χ1n) is 8.66. The van der Waals surface area contributed by atoms with Gasteiger partial charge in [-0.15, -0.1) is 0 Å². The van der Waals surface area contributed by atoms with Crippen LogP contribution in [0.4, 0.5) is 24.7 Å². The number of fused-ring (bicyclic) bond motifs is 1. The Bertz CT molecular complexity index is 955. The van der Waals surface area contributed by atoms with Crippen molar-refractivity contribution in [1.82, 2.24) is 9.78 Å². The molecular formula is C20H19F3N4. The normalized spacial score (nSPS) is 13.4. The van der Waals surface area contributed by atoms with E-state index in [1.807, 2.05) is 43.3 Å². The van der Waals surface area contributed by atoms with Crippen LogP contribution in [0, 0.1) is 0 Å². The molecule has 0 bridgehead atoms. The van der Waals surface area contributed by atoms with Crippen molar-refractivity contribution in [2.45, 2.75) is 12.6 Å². The van der Waals surface area contributed by atoms with Crippen LogP contribution in [0.3, 0.4) is 0 Å². The van der Waals surface area contributed by atoms with Gasteiger partial charge in [0.05, 0.1) is 16.9 Å². The molecule has 0 radical (unpaired) electrons. The van der Waals surface area contributed by atoms with Crippen LogP contribution < -0.4 is 10.2 Å². The number of halogens is 3. The number of benzene rings is 2. The molecule has 1 aromatic heterocycles. The van der Waals surface area contributed by atoms with E-state index in [4.69, 9.17) is 5.10 Å². The molecule has 0 unspecified atom stereocenters. The third kappa shape index (κ3) is 3.13. The summed E-state index contributed by atoms with van der Waals surface area (Å²) >= 11 is 0. The summed E-state index contributed by atoms with van der Waals surface area (Å²) in [5.74, 6) is 0.849. The molecule has 0 saturated heterocycles. The molecule has 0 aliphatic carbocycles. The van der Waals surface area contributed by atoms with Crippen LogP contribution in [0.25, 0.3) is 16.9 Å². The number of nitrogens with one attached hydrogen (secondary N) is 1. The first-order chi connectivity index (χ1) is 12.8. The minimum atomic E-state index is -4.35. The summed E-state index contributed by atoms with van der Waals surface area (Å²) in [7, 11) is 3.96. The van der Waals surface area contributed by atoms with Gasteiger partial charge in [0.15, 0.2) is 0 Å². The van der Waals surface area contributed by atoms with Crippen molar-refractivity contribution in [2.75, 3.05) is 30.9 Å². The van der Waals surface area contributed by atoms with E-state index in [0.29, 0.717) is 5.69 Å². The molecule has 0 amide bonds. The highest BCUT2D eigenvalue weighted by Crippen LogP contribution is 2.36. The molecular weight excluding hydrogens is 353 g/mol. The summed E-state index contributed by atoms with van der Waals surface area (Å²) in [6.07, 6.45) is -3.51. The molecule has 7 heteroatoms. The van der Waals surface area contributed by atoms with Crippen LogP contribution >= 0.6 is 0 Å². The summed E-state index contributed by atoms with van der Waals surface area (Å²) in [5, 5.41) is 8.00. The quantitative estimate of drug-likeness (QED) is 0.730. The van der Waals surface area contributed by atoms with Crippen LogP contribution in [0.5, 0.6) is 0 Å². The van der Waals surface area contributed by atoms with E-state index in [0.717, 1.165) is 53.4 Å². The molecule has 4 rings (SSSR count). The fourth-order valence-corrected chi connectivity index (χ4v) is 3.30. The number of hydrogen-bond acceptors (Lipinski definition) is 3. The SMILES string of the molecule is CN(C)c1ccc(-c2nn(-c3ccc(C(F)(F)F)cc3)c3c2CCN3)cc1.